The number of aliphatic hydroxyl groups is 3. The van der Waals surface area contributed by atoms with Crippen molar-refractivity contribution >= 4 is 5.97 Å². The Morgan fingerprint density at radius 2 is 1.69 bits per heavy atom. The lowest BCUT2D eigenvalue weighted by Crippen LogP contribution is -2.63. The van der Waals surface area contributed by atoms with Crippen LogP contribution >= 0.6 is 0 Å². The summed E-state index contributed by atoms with van der Waals surface area (Å²) in [6, 6.07) is 0. The first-order chi connectivity index (χ1) is 15.9. The summed E-state index contributed by atoms with van der Waals surface area (Å²) < 4.78 is 0. The Morgan fingerprint density at radius 1 is 1.09 bits per heavy atom. The SMILES string of the molecule is C=C(C)C1CC[C@]2(C)[C@H](C[C@@H](O)[C@H]3[C@@H]([C@@](C)(O)CC=CC(C)(C)O)CC[C@@]32C)[C@@]1(C)CCC(=O)O. The fraction of sp³-hybridized carbons (Fsp3) is 0.833. The van der Waals surface area contributed by atoms with Crippen LogP contribution in [0.5, 0.6) is 0 Å². The van der Waals surface area contributed by atoms with Crippen molar-refractivity contribution in [1.29, 1.82) is 0 Å². The van der Waals surface area contributed by atoms with E-state index in [2.05, 4.69) is 34.3 Å². The fourth-order valence-electron chi connectivity index (χ4n) is 9.09. The molecule has 0 aromatic heterocycles. The molecule has 0 saturated heterocycles. The number of fused-ring (bicyclic) bond motifs is 3. The predicted octanol–water partition coefficient (Wildman–Crippen LogP) is 5.73. The second-order valence-electron chi connectivity index (χ2n) is 13.8. The Hall–Kier alpha value is -1.17. The molecule has 5 heteroatoms. The molecule has 0 bridgehead atoms. The van der Waals surface area contributed by atoms with Gasteiger partial charge in [0.25, 0.3) is 0 Å². The van der Waals surface area contributed by atoms with Gasteiger partial charge in [0.2, 0.25) is 0 Å². The first-order valence-corrected chi connectivity index (χ1v) is 13.6. The zero-order chi connectivity index (χ0) is 26.6. The number of allylic oxidation sites excluding steroid dienone is 1. The van der Waals surface area contributed by atoms with Crippen LogP contribution in [0.2, 0.25) is 0 Å². The van der Waals surface area contributed by atoms with Crippen LogP contribution in [0.1, 0.15) is 99.8 Å². The first-order valence-electron chi connectivity index (χ1n) is 13.6. The van der Waals surface area contributed by atoms with Gasteiger partial charge >= 0.3 is 5.97 Å². The van der Waals surface area contributed by atoms with Gasteiger partial charge in [-0.05, 0) is 113 Å². The Kier molecular flexibility index (Phi) is 7.54. The molecule has 1 unspecified atom stereocenters. The average molecular weight is 491 g/mol. The molecule has 0 heterocycles. The standard InChI is InChI=1S/C30H50O5/c1-19(2)20-10-16-28(6)23(27(20,5)15-12-24(32)33)18-22(31)25-21(11-17-29(25,28)7)30(8,35)14-9-13-26(3,4)34/h9,13,20-23,25,31,34-35H,1,10-12,14-18H2,2-8H3,(H,32,33)/t20?,21-,22+,23+,25+,27-,28+,29-,30-/m0/s1. The van der Waals surface area contributed by atoms with Gasteiger partial charge in [0.1, 0.15) is 0 Å². The highest BCUT2D eigenvalue weighted by Gasteiger charge is 2.69. The molecule has 3 aliphatic rings. The number of hydrogen-bond donors (Lipinski definition) is 4. The highest BCUT2D eigenvalue weighted by atomic mass is 16.4. The molecule has 35 heavy (non-hydrogen) atoms. The van der Waals surface area contributed by atoms with E-state index in [1.807, 2.05) is 13.0 Å². The summed E-state index contributed by atoms with van der Waals surface area (Å²) in [4.78, 5) is 11.6. The van der Waals surface area contributed by atoms with Gasteiger partial charge in [-0.25, -0.2) is 0 Å². The van der Waals surface area contributed by atoms with Crippen LogP contribution in [0.3, 0.4) is 0 Å². The molecule has 4 N–H and O–H groups in total. The van der Waals surface area contributed by atoms with Gasteiger partial charge in [0, 0.05) is 6.42 Å². The van der Waals surface area contributed by atoms with E-state index < -0.39 is 23.3 Å². The van der Waals surface area contributed by atoms with Crippen LogP contribution in [-0.2, 0) is 4.79 Å². The molecule has 3 aliphatic carbocycles. The van der Waals surface area contributed by atoms with Gasteiger partial charge in [-0.3, -0.25) is 4.79 Å². The summed E-state index contributed by atoms with van der Waals surface area (Å²) in [7, 11) is 0. The third-order valence-corrected chi connectivity index (χ3v) is 11.0. The predicted molar refractivity (Wildman–Crippen MR) is 140 cm³/mol. The van der Waals surface area contributed by atoms with Crippen molar-refractivity contribution in [2.24, 2.45) is 39.9 Å². The largest absolute Gasteiger partial charge is 0.481 e. The quantitative estimate of drug-likeness (QED) is 0.326. The molecule has 0 amide bonds. The number of rotatable bonds is 8. The Labute approximate surface area is 212 Å². The molecule has 3 fully saturated rings. The second kappa shape index (κ2) is 9.29. The van der Waals surface area contributed by atoms with Gasteiger partial charge in [-0.2, -0.15) is 0 Å². The van der Waals surface area contributed by atoms with Crippen molar-refractivity contribution in [3.8, 4) is 0 Å². The van der Waals surface area contributed by atoms with Crippen LogP contribution < -0.4 is 0 Å². The van der Waals surface area contributed by atoms with E-state index in [0.717, 1.165) is 31.3 Å². The lowest BCUT2D eigenvalue weighted by molar-refractivity contribution is -0.213. The third kappa shape index (κ3) is 4.90. The highest BCUT2D eigenvalue weighted by molar-refractivity contribution is 5.66. The lowest BCUT2D eigenvalue weighted by atomic mass is 9.37. The molecule has 0 spiro atoms. The van der Waals surface area contributed by atoms with E-state index in [-0.39, 0.29) is 46.3 Å². The van der Waals surface area contributed by atoms with Crippen LogP contribution in [-0.4, -0.2) is 43.7 Å². The van der Waals surface area contributed by atoms with E-state index in [9.17, 15) is 25.2 Å². The monoisotopic (exact) mass is 490 g/mol. The van der Waals surface area contributed by atoms with Crippen molar-refractivity contribution < 1.29 is 25.2 Å². The Balaban J connectivity index is 1.97. The fourth-order valence-corrected chi connectivity index (χ4v) is 9.09. The van der Waals surface area contributed by atoms with Gasteiger partial charge in [0.15, 0.2) is 0 Å². The Morgan fingerprint density at radius 3 is 2.23 bits per heavy atom. The van der Waals surface area contributed by atoms with E-state index in [0.29, 0.717) is 19.3 Å². The zero-order valence-electron chi connectivity index (χ0n) is 23.1. The molecule has 200 valence electrons. The van der Waals surface area contributed by atoms with Gasteiger partial charge in [0.05, 0.1) is 17.3 Å². The van der Waals surface area contributed by atoms with Crippen LogP contribution in [0.25, 0.3) is 0 Å². The minimum absolute atomic E-state index is 0.0145. The van der Waals surface area contributed by atoms with Crippen LogP contribution in [0.15, 0.2) is 24.3 Å². The Bertz CT molecular complexity index is 853. The maximum atomic E-state index is 11.7. The molecule has 5 nitrogen and oxygen atoms in total. The number of aliphatic carboxylic acids is 1. The van der Waals surface area contributed by atoms with Gasteiger partial charge in [-0.15, -0.1) is 0 Å². The summed E-state index contributed by atoms with van der Waals surface area (Å²) in [6.07, 6.45) is 8.71. The number of hydrogen-bond acceptors (Lipinski definition) is 4. The molecule has 0 aromatic carbocycles. The van der Waals surface area contributed by atoms with E-state index in [4.69, 9.17) is 0 Å². The summed E-state index contributed by atoms with van der Waals surface area (Å²) in [5.74, 6) is -0.370. The van der Waals surface area contributed by atoms with Crippen LogP contribution in [0.4, 0.5) is 0 Å². The highest BCUT2D eigenvalue weighted by Crippen LogP contribution is 2.74. The average Bonchev–Trinajstić information content (AvgIpc) is 3.08. The van der Waals surface area contributed by atoms with Gasteiger partial charge in [-0.1, -0.05) is 45.1 Å². The van der Waals surface area contributed by atoms with E-state index >= 15 is 0 Å². The van der Waals surface area contributed by atoms with E-state index in [1.54, 1.807) is 19.9 Å². The summed E-state index contributed by atoms with van der Waals surface area (Å²) in [5.41, 5.74) is -1.21. The van der Waals surface area contributed by atoms with Crippen molar-refractivity contribution in [3.05, 3.63) is 24.3 Å². The van der Waals surface area contributed by atoms with Crippen molar-refractivity contribution in [3.63, 3.8) is 0 Å². The molecule has 9 atom stereocenters. The van der Waals surface area contributed by atoms with Crippen molar-refractivity contribution in [2.75, 3.05) is 0 Å². The molecule has 3 saturated carbocycles. The molecular formula is C30H50O5. The number of carbonyl (C=O) groups is 1. The normalized spacial score (nSPS) is 43.4. The maximum Gasteiger partial charge on any atom is 0.303 e. The first kappa shape index (κ1) is 28.4. The molecule has 0 radical (unpaired) electrons. The second-order valence-corrected chi connectivity index (χ2v) is 13.8. The summed E-state index contributed by atoms with van der Waals surface area (Å²) in [5, 5.41) is 42.9. The molecule has 0 aromatic rings. The minimum atomic E-state index is -0.976. The summed E-state index contributed by atoms with van der Waals surface area (Å²) in [6.45, 7) is 18.6. The number of aliphatic hydroxyl groups excluding tert-OH is 1. The topological polar surface area (TPSA) is 98.0 Å². The lowest BCUT2D eigenvalue weighted by Gasteiger charge is -2.67. The smallest absolute Gasteiger partial charge is 0.303 e. The third-order valence-electron chi connectivity index (χ3n) is 11.0. The van der Waals surface area contributed by atoms with E-state index in [1.165, 1.54) is 0 Å². The summed E-state index contributed by atoms with van der Waals surface area (Å²) >= 11 is 0. The van der Waals surface area contributed by atoms with Gasteiger partial charge < -0.3 is 20.4 Å². The zero-order valence-corrected chi connectivity index (χ0v) is 23.1. The molecule has 3 rings (SSSR count). The van der Waals surface area contributed by atoms with Crippen molar-refractivity contribution in [1.82, 2.24) is 0 Å². The maximum absolute atomic E-state index is 11.7. The number of carboxylic acid groups (broad SMARTS) is 1. The minimum Gasteiger partial charge on any atom is -0.481 e. The molecular weight excluding hydrogens is 440 g/mol. The van der Waals surface area contributed by atoms with Crippen LogP contribution in [0, 0.1) is 39.9 Å². The number of carboxylic acids is 1. The van der Waals surface area contributed by atoms with Crippen molar-refractivity contribution in [2.45, 2.75) is 117 Å². The molecule has 0 aliphatic heterocycles.